The first kappa shape index (κ1) is 20.7. The van der Waals surface area contributed by atoms with Gasteiger partial charge in [-0.1, -0.05) is 17.7 Å². The van der Waals surface area contributed by atoms with Crippen LogP contribution in [0.25, 0.3) is 0 Å². The molecule has 31 heavy (non-hydrogen) atoms. The lowest BCUT2D eigenvalue weighted by molar-refractivity contribution is -0.121. The number of methoxy groups -OCH3 is 2. The molecule has 1 aliphatic rings. The molecule has 162 valence electrons. The number of benzene rings is 2. The Balaban J connectivity index is 1.77. The molecule has 0 saturated carbocycles. The average molecular weight is 422 g/mol. The Morgan fingerprint density at radius 2 is 1.94 bits per heavy atom. The molecular formula is C23H27N5O3. The maximum atomic E-state index is 13.6. The number of hydrogen-bond acceptors (Lipinski definition) is 6. The molecular weight excluding hydrogens is 394 g/mol. The molecule has 8 heteroatoms. The highest BCUT2D eigenvalue weighted by Crippen LogP contribution is 2.41. The Morgan fingerprint density at radius 3 is 2.65 bits per heavy atom. The van der Waals surface area contributed by atoms with Gasteiger partial charge in [0.05, 0.1) is 26.2 Å². The molecule has 1 amide bonds. The number of nitrogens with one attached hydrogen (secondary N) is 2. The predicted octanol–water partition coefficient (Wildman–Crippen LogP) is 3.57. The van der Waals surface area contributed by atoms with Crippen molar-refractivity contribution in [2.75, 3.05) is 24.9 Å². The second-order valence-electron chi connectivity index (χ2n) is 7.85. The van der Waals surface area contributed by atoms with E-state index in [0.29, 0.717) is 17.4 Å². The molecule has 8 nitrogen and oxygen atoms in total. The van der Waals surface area contributed by atoms with Crippen LogP contribution < -0.4 is 20.1 Å². The van der Waals surface area contributed by atoms with Crippen molar-refractivity contribution in [1.29, 1.82) is 0 Å². The highest BCUT2D eigenvalue weighted by atomic mass is 16.5. The largest absolute Gasteiger partial charge is 0.497 e. The number of rotatable bonds is 5. The SMILES string of the molecule is COc1ccc([C@@H]2[C@@H](C(=O)Nc3ccc(C)cc3C)[C@H](C)Nc3ncnn32)c(OC)c1. The average Bonchev–Trinajstić information content (AvgIpc) is 3.22. The Hall–Kier alpha value is -3.55. The molecule has 0 spiro atoms. The second-order valence-corrected chi connectivity index (χ2v) is 7.85. The number of amides is 1. The van der Waals surface area contributed by atoms with Crippen molar-refractivity contribution in [2.24, 2.45) is 5.92 Å². The van der Waals surface area contributed by atoms with Gasteiger partial charge in [-0.3, -0.25) is 4.79 Å². The quantitative estimate of drug-likeness (QED) is 0.655. The van der Waals surface area contributed by atoms with Gasteiger partial charge in [-0.15, -0.1) is 0 Å². The van der Waals surface area contributed by atoms with Gasteiger partial charge < -0.3 is 20.1 Å². The van der Waals surface area contributed by atoms with Crippen LogP contribution in [0.1, 0.15) is 29.7 Å². The second kappa shape index (κ2) is 8.29. The molecule has 4 rings (SSSR count). The third-order valence-corrected chi connectivity index (χ3v) is 5.77. The first-order valence-corrected chi connectivity index (χ1v) is 10.2. The first-order chi connectivity index (χ1) is 14.9. The fourth-order valence-electron chi connectivity index (χ4n) is 4.20. The summed E-state index contributed by atoms with van der Waals surface area (Å²) in [6, 6.07) is 11.0. The number of ether oxygens (including phenoxy) is 2. The molecule has 0 aliphatic carbocycles. The fourth-order valence-corrected chi connectivity index (χ4v) is 4.20. The Morgan fingerprint density at radius 1 is 1.13 bits per heavy atom. The fraction of sp³-hybridized carbons (Fsp3) is 0.348. The van der Waals surface area contributed by atoms with Crippen molar-refractivity contribution in [1.82, 2.24) is 14.8 Å². The molecule has 0 saturated heterocycles. The predicted molar refractivity (Wildman–Crippen MR) is 119 cm³/mol. The minimum Gasteiger partial charge on any atom is -0.497 e. The smallest absolute Gasteiger partial charge is 0.232 e. The van der Waals surface area contributed by atoms with Crippen LogP contribution in [-0.2, 0) is 4.79 Å². The van der Waals surface area contributed by atoms with Gasteiger partial charge in [0.25, 0.3) is 0 Å². The van der Waals surface area contributed by atoms with Gasteiger partial charge in [-0.05, 0) is 44.5 Å². The van der Waals surface area contributed by atoms with Crippen LogP contribution in [0.3, 0.4) is 0 Å². The molecule has 0 fully saturated rings. The van der Waals surface area contributed by atoms with Crippen LogP contribution in [0, 0.1) is 19.8 Å². The summed E-state index contributed by atoms with van der Waals surface area (Å²) in [7, 11) is 3.21. The zero-order chi connectivity index (χ0) is 22.1. The number of aromatic nitrogens is 3. The van der Waals surface area contributed by atoms with E-state index in [0.717, 1.165) is 22.4 Å². The third kappa shape index (κ3) is 3.81. The van der Waals surface area contributed by atoms with Crippen LogP contribution in [0.15, 0.2) is 42.7 Å². The van der Waals surface area contributed by atoms with E-state index >= 15 is 0 Å². The van der Waals surface area contributed by atoms with Crippen molar-refractivity contribution in [3.63, 3.8) is 0 Å². The first-order valence-electron chi connectivity index (χ1n) is 10.2. The molecule has 0 radical (unpaired) electrons. The Labute approximate surface area is 181 Å². The molecule has 3 aromatic rings. The van der Waals surface area contributed by atoms with Crippen LogP contribution in [0.2, 0.25) is 0 Å². The van der Waals surface area contributed by atoms with Crippen molar-refractivity contribution in [3.8, 4) is 11.5 Å². The summed E-state index contributed by atoms with van der Waals surface area (Å²) in [5.74, 6) is 1.36. The highest BCUT2D eigenvalue weighted by Gasteiger charge is 2.42. The zero-order valence-corrected chi connectivity index (χ0v) is 18.3. The Kier molecular flexibility index (Phi) is 5.54. The van der Waals surface area contributed by atoms with Gasteiger partial charge in [0.1, 0.15) is 17.8 Å². The van der Waals surface area contributed by atoms with E-state index in [4.69, 9.17) is 9.47 Å². The lowest BCUT2D eigenvalue weighted by atomic mass is 9.85. The summed E-state index contributed by atoms with van der Waals surface area (Å²) in [6.45, 7) is 6.00. The number of anilines is 2. The van der Waals surface area contributed by atoms with E-state index in [1.807, 2.05) is 51.1 Å². The van der Waals surface area contributed by atoms with E-state index in [2.05, 4.69) is 26.8 Å². The molecule has 0 unspecified atom stereocenters. The summed E-state index contributed by atoms with van der Waals surface area (Å²) < 4.78 is 12.7. The maximum Gasteiger partial charge on any atom is 0.232 e. The van der Waals surface area contributed by atoms with Crippen molar-refractivity contribution >= 4 is 17.5 Å². The number of carbonyl (C=O) groups is 1. The molecule has 3 atom stereocenters. The molecule has 0 bridgehead atoms. The third-order valence-electron chi connectivity index (χ3n) is 5.77. The minimum absolute atomic E-state index is 0.101. The number of fused-ring (bicyclic) bond motifs is 1. The van der Waals surface area contributed by atoms with Gasteiger partial charge in [0, 0.05) is 23.4 Å². The number of hydrogen-bond donors (Lipinski definition) is 2. The zero-order valence-electron chi connectivity index (χ0n) is 18.3. The van der Waals surface area contributed by atoms with E-state index in [-0.39, 0.29) is 11.9 Å². The van der Waals surface area contributed by atoms with Gasteiger partial charge in [0.15, 0.2) is 0 Å². The molecule has 2 aromatic carbocycles. The summed E-state index contributed by atoms with van der Waals surface area (Å²) in [5, 5.41) is 10.8. The van der Waals surface area contributed by atoms with Gasteiger partial charge in [-0.2, -0.15) is 10.1 Å². The Bertz CT molecular complexity index is 1110. The van der Waals surface area contributed by atoms with Crippen LogP contribution in [0.5, 0.6) is 11.5 Å². The van der Waals surface area contributed by atoms with E-state index in [1.165, 1.54) is 6.33 Å². The van der Waals surface area contributed by atoms with E-state index < -0.39 is 12.0 Å². The lowest BCUT2D eigenvalue weighted by Crippen LogP contribution is -2.46. The van der Waals surface area contributed by atoms with E-state index in [9.17, 15) is 4.79 Å². The van der Waals surface area contributed by atoms with Crippen LogP contribution in [-0.4, -0.2) is 40.9 Å². The van der Waals surface area contributed by atoms with Crippen LogP contribution >= 0.6 is 0 Å². The van der Waals surface area contributed by atoms with E-state index in [1.54, 1.807) is 18.9 Å². The summed E-state index contributed by atoms with van der Waals surface area (Å²) in [4.78, 5) is 17.9. The lowest BCUT2D eigenvalue weighted by Gasteiger charge is -2.37. The highest BCUT2D eigenvalue weighted by molar-refractivity contribution is 5.95. The minimum atomic E-state index is -0.461. The van der Waals surface area contributed by atoms with Crippen LogP contribution in [0.4, 0.5) is 11.6 Å². The molecule has 2 N–H and O–H groups in total. The van der Waals surface area contributed by atoms with Gasteiger partial charge >= 0.3 is 0 Å². The monoisotopic (exact) mass is 421 g/mol. The molecule has 2 heterocycles. The summed E-state index contributed by atoms with van der Waals surface area (Å²) in [5.41, 5.74) is 3.80. The number of aryl methyl sites for hydroxylation is 2. The van der Waals surface area contributed by atoms with Gasteiger partial charge in [-0.25, -0.2) is 4.68 Å². The number of nitrogens with zero attached hydrogens (tertiary/aromatic N) is 3. The molecule has 1 aromatic heterocycles. The standard InChI is InChI=1S/C23H27N5O3/c1-13-6-9-18(14(2)10-13)27-22(29)20-15(3)26-23-24-12-25-28(23)21(20)17-8-7-16(30-4)11-19(17)31-5/h6-12,15,20-21H,1-5H3,(H,27,29)(H,24,25,26)/t15-,20-,21+/m0/s1. The maximum absolute atomic E-state index is 13.6. The topological polar surface area (TPSA) is 90.3 Å². The van der Waals surface area contributed by atoms with Gasteiger partial charge in [0.2, 0.25) is 11.9 Å². The summed E-state index contributed by atoms with van der Waals surface area (Å²) in [6.07, 6.45) is 1.49. The molecule has 1 aliphatic heterocycles. The van der Waals surface area contributed by atoms with Crippen molar-refractivity contribution in [2.45, 2.75) is 32.9 Å². The summed E-state index contributed by atoms with van der Waals surface area (Å²) >= 11 is 0. The van der Waals surface area contributed by atoms with Crippen molar-refractivity contribution in [3.05, 3.63) is 59.4 Å². The van der Waals surface area contributed by atoms with Crippen molar-refractivity contribution < 1.29 is 14.3 Å². The normalized spacial score (nSPS) is 19.8. The number of carbonyl (C=O) groups excluding carboxylic acids is 1.